The van der Waals surface area contributed by atoms with E-state index in [2.05, 4.69) is 54.9 Å². The average molecular weight is 335 g/mol. The van der Waals surface area contributed by atoms with Crippen molar-refractivity contribution in [2.75, 3.05) is 19.0 Å². The first-order valence-corrected chi connectivity index (χ1v) is 8.14. The van der Waals surface area contributed by atoms with E-state index in [-0.39, 0.29) is 5.75 Å². The van der Waals surface area contributed by atoms with Crippen LogP contribution in [0.15, 0.2) is 48.5 Å². The third-order valence-corrected chi connectivity index (χ3v) is 3.63. The zero-order valence-corrected chi connectivity index (χ0v) is 15.1. The number of aryl methyl sites for hydroxylation is 1. The van der Waals surface area contributed by atoms with Gasteiger partial charge in [-0.15, -0.1) is 0 Å². The lowest BCUT2D eigenvalue weighted by Crippen LogP contribution is -2.08. The molecule has 2 aromatic rings. The Balaban J connectivity index is 0.000000243. The molecule has 0 spiro atoms. The summed E-state index contributed by atoms with van der Waals surface area (Å²) in [5.41, 5.74) is 3.78. The summed E-state index contributed by atoms with van der Waals surface area (Å²) in [4.78, 5) is 2.11. The number of anilines is 1. The van der Waals surface area contributed by atoms with Gasteiger partial charge < -0.3 is 9.64 Å². The number of halogens is 2. The van der Waals surface area contributed by atoms with Gasteiger partial charge in [0.2, 0.25) is 0 Å². The lowest BCUT2D eigenvalue weighted by atomic mass is 10.0. The minimum absolute atomic E-state index is 0.208. The first kappa shape index (κ1) is 19.9. The van der Waals surface area contributed by atoms with Gasteiger partial charge in [-0.05, 0) is 47.7 Å². The van der Waals surface area contributed by atoms with Gasteiger partial charge in [-0.1, -0.05) is 45.0 Å². The van der Waals surface area contributed by atoms with E-state index in [1.807, 2.05) is 13.8 Å². The van der Waals surface area contributed by atoms with Crippen LogP contribution in [-0.4, -0.2) is 20.7 Å². The molecule has 0 bridgehead atoms. The molecule has 0 aliphatic carbocycles. The van der Waals surface area contributed by atoms with Crippen LogP contribution in [-0.2, 0) is 6.42 Å². The third-order valence-electron chi connectivity index (χ3n) is 3.63. The van der Waals surface area contributed by atoms with Crippen molar-refractivity contribution in [3.63, 3.8) is 0 Å². The van der Waals surface area contributed by atoms with Gasteiger partial charge in [-0.2, -0.15) is 8.78 Å². The van der Waals surface area contributed by atoms with Crippen LogP contribution in [0.2, 0.25) is 0 Å². The van der Waals surface area contributed by atoms with E-state index >= 15 is 0 Å². The minimum atomic E-state index is -2.75. The van der Waals surface area contributed by atoms with Gasteiger partial charge in [-0.3, -0.25) is 0 Å². The summed E-state index contributed by atoms with van der Waals surface area (Å²) in [5.74, 6) is 0.611. The van der Waals surface area contributed by atoms with Gasteiger partial charge in [0.1, 0.15) is 5.75 Å². The summed E-state index contributed by atoms with van der Waals surface area (Å²) < 4.78 is 27.7. The molecule has 0 aliphatic heterocycles. The number of nitrogens with zero attached hydrogens (tertiary/aromatic N) is 1. The predicted octanol–water partition coefficient (Wildman–Crippen LogP) is 5.73. The summed E-state index contributed by atoms with van der Waals surface area (Å²) in [6.45, 7) is 3.52. The molecule has 0 amide bonds. The van der Waals surface area contributed by atoms with Gasteiger partial charge in [0.05, 0.1) is 0 Å². The highest BCUT2D eigenvalue weighted by Gasteiger charge is 2.04. The maximum Gasteiger partial charge on any atom is 0.387 e. The second-order valence-corrected chi connectivity index (χ2v) is 6.02. The molecule has 0 N–H and O–H groups in total. The fourth-order valence-corrected chi connectivity index (χ4v) is 2.06. The average Bonchev–Trinajstić information content (AvgIpc) is 2.55. The summed E-state index contributed by atoms with van der Waals surface area (Å²) >= 11 is 0. The van der Waals surface area contributed by atoms with E-state index in [1.165, 1.54) is 11.3 Å². The largest absolute Gasteiger partial charge is 0.435 e. The van der Waals surface area contributed by atoms with Crippen LogP contribution in [0.5, 0.6) is 5.75 Å². The number of hydrogen-bond acceptors (Lipinski definition) is 2. The molecule has 0 aliphatic rings. The van der Waals surface area contributed by atoms with Crippen molar-refractivity contribution in [3.05, 3.63) is 59.7 Å². The van der Waals surface area contributed by atoms with E-state index in [0.717, 1.165) is 12.0 Å². The molecule has 2 aromatic carbocycles. The van der Waals surface area contributed by atoms with Crippen LogP contribution in [0.1, 0.15) is 37.8 Å². The number of hydrogen-bond donors (Lipinski definition) is 0. The first-order valence-electron chi connectivity index (χ1n) is 8.14. The number of benzene rings is 2. The highest BCUT2D eigenvalue weighted by atomic mass is 19.3. The number of rotatable bonds is 5. The molecule has 0 aromatic heterocycles. The smallest absolute Gasteiger partial charge is 0.387 e. The molecule has 4 heteroatoms. The Morgan fingerprint density at radius 3 is 1.83 bits per heavy atom. The first-order chi connectivity index (χ1) is 11.3. The van der Waals surface area contributed by atoms with Crippen LogP contribution in [0.3, 0.4) is 0 Å². The standard InChI is InChI=1S/C10H12F2O.C10H15N/c1-7(2)8-3-5-9(6-4-8)13-10(11)12;1-4-9-5-7-10(8-6-9)11(2)3/h3-7,10H,1-2H3;5-8H,4H2,1-3H3. The Kier molecular flexibility index (Phi) is 8.24. The predicted molar refractivity (Wildman–Crippen MR) is 97.3 cm³/mol. The number of alkyl halides is 2. The molecule has 0 radical (unpaired) electrons. The molecule has 0 fully saturated rings. The van der Waals surface area contributed by atoms with E-state index in [1.54, 1.807) is 24.3 Å². The van der Waals surface area contributed by atoms with Gasteiger partial charge in [-0.25, -0.2) is 0 Å². The van der Waals surface area contributed by atoms with Crippen molar-refractivity contribution in [2.45, 2.75) is 39.7 Å². The van der Waals surface area contributed by atoms with Gasteiger partial charge in [0.15, 0.2) is 0 Å². The third kappa shape index (κ3) is 6.99. The fraction of sp³-hybridized carbons (Fsp3) is 0.400. The van der Waals surface area contributed by atoms with E-state index in [4.69, 9.17) is 0 Å². The normalized spacial score (nSPS) is 10.4. The van der Waals surface area contributed by atoms with Crippen LogP contribution in [0.4, 0.5) is 14.5 Å². The second-order valence-electron chi connectivity index (χ2n) is 6.02. The summed E-state index contributed by atoms with van der Waals surface area (Å²) in [5, 5.41) is 0. The zero-order chi connectivity index (χ0) is 18.1. The Labute approximate surface area is 144 Å². The Hall–Kier alpha value is -2.10. The lowest BCUT2D eigenvalue weighted by molar-refractivity contribution is -0.0498. The second kappa shape index (κ2) is 9.91. The molecule has 0 saturated heterocycles. The molecule has 0 saturated carbocycles. The maximum absolute atomic E-state index is 11.8. The molecular formula is C20H27F2NO. The molecule has 132 valence electrons. The molecule has 24 heavy (non-hydrogen) atoms. The van der Waals surface area contributed by atoms with Crippen molar-refractivity contribution in [3.8, 4) is 5.75 Å². The summed E-state index contributed by atoms with van der Waals surface area (Å²) in [7, 11) is 4.11. The van der Waals surface area contributed by atoms with Crippen LogP contribution in [0.25, 0.3) is 0 Å². The summed E-state index contributed by atoms with van der Waals surface area (Å²) in [6, 6.07) is 15.4. The molecule has 2 nitrogen and oxygen atoms in total. The Bertz CT molecular complexity index is 578. The van der Waals surface area contributed by atoms with E-state index in [0.29, 0.717) is 5.92 Å². The van der Waals surface area contributed by atoms with Crippen molar-refractivity contribution in [1.29, 1.82) is 0 Å². The molecule has 0 atom stereocenters. The monoisotopic (exact) mass is 335 g/mol. The van der Waals surface area contributed by atoms with Crippen molar-refractivity contribution in [1.82, 2.24) is 0 Å². The van der Waals surface area contributed by atoms with Crippen LogP contribution in [0, 0.1) is 0 Å². The Morgan fingerprint density at radius 2 is 1.46 bits per heavy atom. The quantitative estimate of drug-likeness (QED) is 0.692. The molecule has 0 unspecified atom stereocenters. The zero-order valence-electron chi connectivity index (χ0n) is 15.1. The topological polar surface area (TPSA) is 12.5 Å². The van der Waals surface area contributed by atoms with E-state index < -0.39 is 6.61 Å². The molecule has 2 rings (SSSR count). The molecule has 0 heterocycles. The van der Waals surface area contributed by atoms with Crippen molar-refractivity contribution in [2.24, 2.45) is 0 Å². The Morgan fingerprint density at radius 1 is 0.917 bits per heavy atom. The van der Waals surface area contributed by atoms with Crippen molar-refractivity contribution < 1.29 is 13.5 Å². The SMILES string of the molecule is CC(C)c1ccc(OC(F)F)cc1.CCc1ccc(N(C)C)cc1. The highest BCUT2D eigenvalue weighted by molar-refractivity contribution is 5.45. The highest BCUT2D eigenvalue weighted by Crippen LogP contribution is 2.19. The van der Waals surface area contributed by atoms with Crippen LogP contribution < -0.4 is 9.64 Å². The molecular weight excluding hydrogens is 308 g/mol. The van der Waals surface area contributed by atoms with Crippen molar-refractivity contribution >= 4 is 5.69 Å². The van der Waals surface area contributed by atoms with E-state index in [9.17, 15) is 8.78 Å². The minimum Gasteiger partial charge on any atom is -0.435 e. The lowest BCUT2D eigenvalue weighted by Gasteiger charge is -2.11. The van der Waals surface area contributed by atoms with Gasteiger partial charge in [0, 0.05) is 19.8 Å². The van der Waals surface area contributed by atoms with Crippen LogP contribution >= 0.6 is 0 Å². The van der Waals surface area contributed by atoms with Gasteiger partial charge in [0.25, 0.3) is 0 Å². The maximum atomic E-state index is 11.8. The number of ether oxygens (including phenoxy) is 1. The fourth-order valence-electron chi connectivity index (χ4n) is 2.06. The van der Waals surface area contributed by atoms with Gasteiger partial charge >= 0.3 is 6.61 Å². The summed E-state index contributed by atoms with van der Waals surface area (Å²) in [6.07, 6.45) is 1.12.